The molecule has 6 nitrogen and oxygen atoms in total. The number of H-pyrrole nitrogens is 1. The lowest BCUT2D eigenvalue weighted by Crippen LogP contribution is -2.61. The molecule has 0 unspecified atom stereocenters. The number of primary amides is 1. The molecule has 5 N–H and O–H groups in total. The quantitative estimate of drug-likeness (QED) is 0.673. The second kappa shape index (κ2) is 6.52. The van der Waals surface area contributed by atoms with Crippen LogP contribution in [0.15, 0.2) is 29.1 Å². The van der Waals surface area contributed by atoms with Gasteiger partial charge in [0.05, 0.1) is 0 Å². The average molecular weight is 356 g/mol. The molecule has 0 atom stereocenters. The zero-order valence-corrected chi connectivity index (χ0v) is 15.9. The van der Waals surface area contributed by atoms with Gasteiger partial charge < -0.3 is 21.4 Å². The van der Waals surface area contributed by atoms with Crippen molar-refractivity contribution in [1.29, 1.82) is 0 Å². The minimum absolute atomic E-state index is 0.0708. The number of aromatic nitrogens is 1. The molecule has 2 heterocycles. The fraction of sp³-hybridized carbons (Fsp3) is 0.500. The summed E-state index contributed by atoms with van der Waals surface area (Å²) in [6.45, 7) is 9.47. The largest absolute Gasteiger partial charge is 0.366 e. The van der Waals surface area contributed by atoms with E-state index in [1.165, 1.54) is 0 Å². The Bertz CT molecular complexity index is 882. The summed E-state index contributed by atoms with van der Waals surface area (Å²) in [5.41, 5.74) is 7.22. The Balaban J connectivity index is 1.78. The molecule has 1 aliphatic heterocycles. The first-order valence-corrected chi connectivity index (χ1v) is 9.03. The van der Waals surface area contributed by atoms with E-state index in [9.17, 15) is 9.59 Å². The van der Waals surface area contributed by atoms with Gasteiger partial charge >= 0.3 is 0 Å². The van der Waals surface area contributed by atoms with Gasteiger partial charge in [-0.15, -0.1) is 0 Å². The smallest absolute Gasteiger partial charge is 0.248 e. The number of carbonyl (C=O) groups excluding carboxylic acids is 1. The Hall–Kier alpha value is -2.18. The lowest BCUT2D eigenvalue weighted by molar-refractivity contribution is 0.100. The number of hydrogen-bond donors (Lipinski definition) is 4. The van der Waals surface area contributed by atoms with Crippen molar-refractivity contribution in [2.24, 2.45) is 5.73 Å². The summed E-state index contributed by atoms with van der Waals surface area (Å²) in [5, 5.41) is 7.74. The van der Waals surface area contributed by atoms with Crippen molar-refractivity contribution < 1.29 is 4.79 Å². The van der Waals surface area contributed by atoms with E-state index >= 15 is 0 Å². The normalized spacial score (nSPS) is 19.5. The Morgan fingerprint density at radius 1 is 1.19 bits per heavy atom. The lowest BCUT2D eigenvalue weighted by Gasteiger charge is -2.46. The van der Waals surface area contributed by atoms with Crippen LogP contribution in [0.3, 0.4) is 0 Å². The van der Waals surface area contributed by atoms with Crippen molar-refractivity contribution in [3.05, 3.63) is 45.7 Å². The van der Waals surface area contributed by atoms with Gasteiger partial charge in [-0.05, 0) is 58.7 Å². The van der Waals surface area contributed by atoms with Crippen LogP contribution in [-0.2, 0) is 6.54 Å². The summed E-state index contributed by atoms with van der Waals surface area (Å²) in [7, 11) is 0. The van der Waals surface area contributed by atoms with Crippen molar-refractivity contribution in [2.45, 2.75) is 64.2 Å². The molecule has 3 rings (SSSR count). The fourth-order valence-electron chi connectivity index (χ4n) is 4.27. The van der Waals surface area contributed by atoms with E-state index in [0.29, 0.717) is 29.1 Å². The molecule has 1 saturated heterocycles. The number of pyridine rings is 1. The highest BCUT2D eigenvalue weighted by Gasteiger charge is 2.37. The first-order valence-electron chi connectivity index (χ1n) is 9.03. The third-order valence-corrected chi connectivity index (χ3v) is 4.94. The van der Waals surface area contributed by atoms with E-state index in [4.69, 9.17) is 5.73 Å². The summed E-state index contributed by atoms with van der Waals surface area (Å²) < 4.78 is 0. The van der Waals surface area contributed by atoms with Crippen LogP contribution >= 0.6 is 0 Å². The molecule has 6 heteroatoms. The average Bonchev–Trinajstić information content (AvgIpc) is 2.49. The van der Waals surface area contributed by atoms with Crippen molar-refractivity contribution in [2.75, 3.05) is 0 Å². The maximum atomic E-state index is 12.4. The fourth-order valence-corrected chi connectivity index (χ4v) is 4.27. The molecule has 1 aromatic carbocycles. The van der Waals surface area contributed by atoms with E-state index in [2.05, 4.69) is 43.3 Å². The molecule has 1 aliphatic rings. The highest BCUT2D eigenvalue weighted by Crippen LogP contribution is 2.28. The summed E-state index contributed by atoms with van der Waals surface area (Å²) in [6.07, 6.45) is 2.05. The van der Waals surface area contributed by atoms with E-state index in [1.807, 2.05) is 0 Å². The molecule has 0 saturated carbocycles. The summed E-state index contributed by atoms with van der Waals surface area (Å²) in [5.74, 6) is -0.534. The number of nitrogens with two attached hydrogens (primary N) is 1. The van der Waals surface area contributed by atoms with Crippen molar-refractivity contribution >= 4 is 16.8 Å². The van der Waals surface area contributed by atoms with Gasteiger partial charge in [0.25, 0.3) is 0 Å². The number of hydrogen-bond acceptors (Lipinski definition) is 4. The number of nitrogens with one attached hydrogen (secondary N) is 3. The molecule has 1 amide bonds. The van der Waals surface area contributed by atoms with Crippen LogP contribution < -0.4 is 21.8 Å². The van der Waals surface area contributed by atoms with Gasteiger partial charge in [0.15, 0.2) is 5.43 Å². The van der Waals surface area contributed by atoms with Crippen LogP contribution in [-0.4, -0.2) is 28.0 Å². The third-order valence-electron chi connectivity index (χ3n) is 4.94. The molecule has 140 valence electrons. The Labute approximate surface area is 153 Å². The number of rotatable bonds is 4. The van der Waals surface area contributed by atoms with Gasteiger partial charge in [-0.3, -0.25) is 9.59 Å². The third kappa shape index (κ3) is 4.14. The van der Waals surface area contributed by atoms with Gasteiger partial charge in [0.1, 0.15) is 0 Å². The topological polar surface area (TPSA) is 100 Å². The van der Waals surface area contributed by atoms with Crippen LogP contribution in [0.4, 0.5) is 0 Å². The summed E-state index contributed by atoms with van der Waals surface area (Å²) in [4.78, 5) is 27.0. The zero-order chi connectivity index (χ0) is 19.1. The molecule has 0 spiro atoms. The van der Waals surface area contributed by atoms with E-state index in [0.717, 1.165) is 18.5 Å². The molecule has 0 bridgehead atoms. The van der Waals surface area contributed by atoms with Gasteiger partial charge in [-0.2, -0.15) is 0 Å². The summed E-state index contributed by atoms with van der Waals surface area (Å²) >= 11 is 0. The van der Waals surface area contributed by atoms with Crippen LogP contribution in [0.5, 0.6) is 0 Å². The minimum atomic E-state index is -0.534. The standard InChI is InChI=1S/C20H28N4O2/c1-19(2)9-14(10-20(3,4)24-19)22-11-13-8-17(25)15-7-12(18(21)26)5-6-16(15)23-13/h5-8,14,22,24H,9-11H2,1-4H3,(H2,21,26)(H,23,25). The van der Waals surface area contributed by atoms with Crippen LogP contribution in [0.1, 0.15) is 56.6 Å². The Morgan fingerprint density at radius 3 is 2.46 bits per heavy atom. The maximum Gasteiger partial charge on any atom is 0.248 e. The van der Waals surface area contributed by atoms with Gasteiger partial charge in [-0.25, -0.2) is 0 Å². The SMILES string of the molecule is CC1(C)CC(NCc2cc(=O)c3cc(C(N)=O)ccc3[nH]2)CC(C)(C)N1. The summed E-state index contributed by atoms with van der Waals surface area (Å²) in [6, 6.07) is 6.88. The van der Waals surface area contributed by atoms with Crippen LogP contribution in [0, 0.1) is 0 Å². The number of amides is 1. The number of piperidine rings is 1. The molecule has 26 heavy (non-hydrogen) atoms. The first kappa shape index (κ1) is 18.6. The number of fused-ring (bicyclic) bond motifs is 1. The molecule has 0 aliphatic carbocycles. The number of aromatic amines is 1. The second-order valence-corrected chi connectivity index (χ2v) is 8.66. The Morgan fingerprint density at radius 2 is 1.85 bits per heavy atom. The predicted octanol–water partition coefficient (Wildman–Crippen LogP) is 2.03. The maximum absolute atomic E-state index is 12.4. The van der Waals surface area contributed by atoms with E-state index in [1.54, 1.807) is 24.3 Å². The molecular weight excluding hydrogens is 328 g/mol. The van der Waals surface area contributed by atoms with Crippen molar-refractivity contribution in [3.63, 3.8) is 0 Å². The van der Waals surface area contributed by atoms with Crippen molar-refractivity contribution in [1.82, 2.24) is 15.6 Å². The zero-order valence-electron chi connectivity index (χ0n) is 15.9. The van der Waals surface area contributed by atoms with Crippen LogP contribution in [0.25, 0.3) is 10.9 Å². The number of benzene rings is 1. The minimum Gasteiger partial charge on any atom is -0.366 e. The van der Waals surface area contributed by atoms with E-state index < -0.39 is 5.91 Å². The van der Waals surface area contributed by atoms with Gasteiger partial charge in [0, 0.05) is 51.9 Å². The first-order chi connectivity index (χ1) is 12.0. The molecular formula is C20H28N4O2. The second-order valence-electron chi connectivity index (χ2n) is 8.66. The van der Waals surface area contributed by atoms with Crippen LogP contribution in [0.2, 0.25) is 0 Å². The molecule has 0 radical (unpaired) electrons. The highest BCUT2D eigenvalue weighted by atomic mass is 16.1. The molecule has 2 aromatic rings. The van der Waals surface area contributed by atoms with Gasteiger partial charge in [0.2, 0.25) is 5.91 Å². The van der Waals surface area contributed by atoms with E-state index in [-0.39, 0.29) is 16.5 Å². The lowest BCUT2D eigenvalue weighted by atomic mass is 9.79. The Kier molecular flexibility index (Phi) is 4.67. The van der Waals surface area contributed by atoms with Crippen molar-refractivity contribution in [3.8, 4) is 0 Å². The monoisotopic (exact) mass is 356 g/mol. The highest BCUT2D eigenvalue weighted by molar-refractivity contribution is 5.96. The predicted molar refractivity (Wildman–Crippen MR) is 104 cm³/mol. The molecule has 1 aromatic heterocycles. The van der Waals surface area contributed by atoms with Gasteiger partial charge in [-0.1, -0.05) is 0 Å². The molecule has 1 fully saturated rings. The number of carbonyl (C=O) groups is 1.